The summed E-state index contributed by atoms with van der Waals surface area (Å²) in [6.07, 6.45) is 1.45. The topological polar surface area (TPSA) is 97.3 Å². The lowest BCUT2D eigenvalue weighted by atomic mass is 10.2. The summed E-state index contributed by atoms with van der Waals surface area (Å²) in [5.41, 5.74) is 4.44. The smallest absolute Gasteiger partial charge is 0.264 e. The molecule has 3 aromatic carbocycles. The van der Waals surface area contributed by atoms with Crippen molar-refractivity contribution >= 4 is 27.8 Å². The first-order valence-electron chi connectivity index (χ1n) is 9.79. The largest absolute Gasteiger partial charge is 0.454 e. The summed E-state index contributed by atoms with van der Waals surface area (Å²) >= 11 is 0. The minimum Gasteiger partial charge on any atom is -0.454 e. The van der Waals surface area contributed by atoms with Gasteiger partial charge >= 0.3 is 0 Å². The van der Waals surface area contributed by atoms with Gasteiger partial charge in [-0.25, -0.2) is 13.8 Å². The number of nitrogens with zero attached hydrogens (tertiary/aromatic N) is 2. The fourth-order valence-corrected chi connectivity index (χ4v) is 4.53. The van der Waals surface area contributed by atoms with Crippen LogP contribution in [-0.2, 0) is 14.8 Å². The van der Waals surface area contributed by atoms with Crippen LogP contribution >= 0.6 is 0 Å². The molecule has 1 N–H and O–H groups in total. The highest BCUT2D eigenvalue weighted by molar-refractivity contribution is 7.92. The van der Waals surface area contributed by atoms with Crippen LogP contribution in [0.25, 0.3) is 0 Å². The number of sulfonamides is 1. The van der Waals surface area contributed by atoms with Gasteiger partial charge in [0.05, 0.1) is 16.8 Å². The summed E-state index contributed by atoms with van der Waals surface area (Å²) < 4.78 is 38.1. The molecule has 32 heavy (non-hydrogen) atoms. The van der Waals surface area contributed by atoms with Gasteiger partial charge in [-0.3, -0.25) is 9.10 Å². The minimum atomic E-state index is -3.96. The predicted molar refractivity (Wildman–Crippen MR) is 120 cm³/mol. The number of carbonyl (C=O) groups is 1. The van der Waals surface area contributed by atoms with Gasteiger partial charge in [-0.2, -0.15) is 5.10 Å². The van der Waals surface area contributed by atoms with Crippen LogP contribution in [0.5, 0.6) is 11.5 Å². The molecule has 0 saturated heterocycles. The highest BCUT2D eigenvalue weighted by atomic mass is 32.2. The second-order valence-electron chi connectivity index (χ2n) is 7.07. The molecule has 164 valence electrons. The molecule has 0 radical (unpaired) electrons. The summed E-state index contributed by atoms with van der Waals surface area (Å²) in [4.78, 5) is 12.7. The summed E-state index contributed by atoms with van der Waals surface area (Å²) in [5.74, 6) is 0.660. The van der Waals surface area contributed by atoms with E-state index in [2.05, 4.69) is 10.5 Å². The molecule has 1 amide bonds. The van der Waals surface area contributed by atoms with E-state index in [4.69, 9.17) is 9.47 Å². The maximum Gasteiger partial charge on any atom is 0.264 e. The molecule has 8 nitrogen and oxygen atoms in total. The lowest BCUT2D eigenvalue weighted by molar-refractivity contribution is -0.119. The van der Waals surface area contributed by atoms with Crippen LogP contribution < -0.4 is 19.2 Å². The minimum absolute atomic E-state index is 0.0947. The van der Waals surface area contributed by atoms with Gasteiger partial charge in [0, 0.05) is 0 Å². The number of ether oxygens (including phenoxy) is 2. The molecular weight excluding hydrogens is 430 g/mol. The van der Waals surface area contributed by atoms with Crippen LogP contribution in [0.2, 0.25) is 0 Å². The van der Waals surface area contributed by atoms with Crippen molar-refractivity contribution in [3.8, 4) is 11.5 Å². The van der Waals surface area contributed by atoms with Crippen molar-refractivity contribution in [2.45, 2.75) is 11.8 Å². The van der Waals surface area contributed by atoms with Gasteiger partial charge in [-0.05, 0) is 55.0 Å². The van der Waals surface area contributed by atoms with E-state index in [1.54, 1.807) is 60.7 Å². The molecule has 0 unspecified atom stereocenters. The molecule has 0 saturated carbocycles. The molecule has 0 aromatic heterocycles. The van der Waals surface area contributed by atoms with E-state index in [0.29, 0.717) is 22.7 Å². The van der Waals surface area contributed by atoms with Crippen molar-refractivity contribution in [3.63, 3.8) is 0 Å². The predicted octanol–water partition coefficient (Wildman–Crippen LogP) is 3.07. The number of rotatable bonds is 7. The van der Waals surface area contributed by atoms with Gasteiger partial charge in [-0.1, -0.05) is 35.9 Å². The van der Waals surface area contributed by atoms with Crippen LogP contribution in [0.1, 0.15) is 11.1 Å². The van der Waals surface area contributed by atoms with Gasteiger partial charge in [0.2, 0.25) is 6.79 Å². The number of carbonyl (C=O) groups excluding carboxylic acids is 1. The summed E-state index contributed by atoms with van der Waals surface area (Å²) in [6.45, 7) is 1.63. The van der Waals surface area contributed by atoms with Crippen LogP contribution in [0.4, 0.5) is 5.69 Å². The Bertz CT molecular complexity index is 1240. The fourth-order valence-electron chi connectivity index (χ4n) is 3.08. The number of hydrogen-bond acceptors (Lipinski definition) is 6. The van der Waals surface area contributed by atoms with Crippen molar-refractivity contribution in [1.82, 2.24) is 5.43 Å². The van der Waals surface area contributed by atoms with Crippen molar-refractivity contribution in [2.24, 2.45) is 5.10 Å². The highest BCUT2D eigenvalue weighted by Gasteiger charge is 2.27. The van der Waals surface area contributed by atoms with Crippen LogP contribution in [-0.4, -0.2) is 33.9 Å². The molecule has 1 aliphatic heterocycles. The van der Waals surface area contributed by atoms with E-state index in [-0.39, 0.29) is 11.7 Å². The Kier molecular flexibility index (Phi) is 6.09. The van der Waals surface area contributed by atoms with Crippen LogP contribution in [0.3, 0.4) is 0 Å². The third-order valence-corrected chi connectivity index (χ3v) is 6.53. The highest BCUT2D eigenvalue weighted by Crippen LogP contribution is 2.32. The zero-order valence-electron chi connectivity index (χ0n) is 17.3. The van der Waals surface area contributed by atoms with E-state index in [1.165, 1.54) is 18.3 Å². The molecular formula is C23H21N3O5S. The lowest BCUT2D eigenvalue weighted by Gasteiger charge is -2.23. The molecule has 0 bridgehead atoms. The molecule has 0 aliphatic carbocycles. The number of hydrogen-bond donors (Lipinski definition) is 1. The second kappa shape index (κ2) is 9.11. The quantitative estimate of drug-likeness (QED) is 0.440. The van der Waals surface area contributed by atoms with Crippen LogP contribution in [0.15, 0.2) is 82.8 Å². The van der Waals surface area contributed by atoms with Crippen molar-refractivity contribution in [1.29, 1.82) is 0 Å². The number of amides is 1. The van der Waals surface area contributed by atoms with Crippen molar-refractivity contribution in [3.05, 3.63) is 83.9 Å². The second-order valence-corrected chi connectivity index (χ2v) is 8.93. The zero-order chi connectivity index (χ0) is 22.6. The van der Waals surface area contributed by atoms with Crippen molar-refractivity contribution in [2.75, 3.05) is 17.6 Å². The van der Waals surface area contributed by atoms with Gasteiger partial charge in [-0.15, -0.1) is 0 Å². The van der Waals surface area contributed by atoms with Gasteiger partial charge in [0.1, 0.15) is 6.54 Å². The molecule has 0 atom stereocenters. The summed E-state index contributed by atoms with van der Waals surface area (Å²) in [6, 6.07) is 20.1. The Morgan fingerprint density at radius 2 is 1.75 bits per heavy atom. The summed E-state index contributed by atoms with van der Waals surface area (Å²) in [5, 5.41) is 3.94. The average Bonchev–Trinajstić information content (AvgIpc) is 3.27. The van der Waals surface area contributed by atoms with E-state index < -0.39 is 22.5 Å². The Morgan fingerprint density at radius 1 is 1.03 bits per heavy atom. The Hall–Kier alpha value is -3.85. The fraction of sp³-hybridized carbons (Fsp3) is 0.130. The van der Waals surface area contributed by atoms with Gasteiger partial charge < -0.3 is 9.47 Å². The van der Waals surface area contributed by atoms with E-state index >= 15 is 0 Å². The first-order chi connectivity index (χ1) is 15.4. The average molecular weight is 452 g/mol. The standard InChI is InChI=1S/C23H21N3O5S/c1-17-7-10-19(11-8-17)26(32(28,29)20-5-3-2-4-6-20)15-23(27)25-24-14-18-9-12-21-22(13-18)31-16-30-21/h2-14H,15-16H2,1H3,(H,25,27)/b24-14-. The number of hydrazone groups is 1. The van der Waals surface area contributed by atoms with E-state index in [1.807, 2.05) is 6.92 Å². The van der Waals surface area contributed by atoms with Crippen molar-refractivity contribution < 1.29 is 22.7 Å². The molecule has 0 spiro atoms. The van der Waals surface area contributed by atoms with E-state index in [0.717, 1.165) is 9.87 Å². The first kappa shape index (κ1) is 21.4. The van der Waals surface area contributed by atoms with E-state index in [9.17, 15) is 13.2 Å². The lowest BCUT2D eigenvalue weighted by Crippen LogP contribution is -2.39. The van der Waals surface area contributed by atoms with Gasteiger partial charge in [0.15, 0.2) is 11.5 Å². The zero-order valence-corrected chi connectivity index (χ0v) is 18.1. The van der Waals surface area contributed by atoms with Crippen LogP contribution in [0, 0.1) is 6.92 Å². The Balaban J connectivity index is 1.51. The first-order valence-corrected chi connectivity index (χ1v) is 11.2. The normalized spacial score (nSPS) is 12.7. The molecule has 4 rings (SSSR count). The third-order valence-electron chi connectivity index (χ3n) is 4.74. The monoisotopic (exact) mass is 451 g/mol. The number of fused-ring (bicyclic) bond motifs is 1. The number of anilines is 1. The molecule has 0 fully saturated rings. The summed E-state index contributed by atoms with van der Waals surface area (Å²) in [7, 11) is -3.96. The number of nitrogens with one attached hydrogen (secondary N) is 1. The number of aryl methyl sites for hydroxylation is 1. The third kappa shape index (κ3) is 4.73. The Morgan fingerprint density at radius 3 is 2.50 bits per heavy atom. The Labute approximate surface area is 186 Å². The molecule has 1 heterocycles. The maximum absolute atomic E-state index is 13.2. The van der Waals surface area contributed by atoms with Gasteiger partial charge in [0.25, 0.3) is 15.9 Å². The number of benzene rings is 3. The maximum atomic E-state index is 13.2. The molecule has 1 aliphatic rings. The molecule has 3 aromatic rings. The molecule has 9 heteroatoms. The SMILES string of the molecule is Cc1ccc(N(CC(=O)N/N=C\c2ccc3c(c2)OCO3)S(=O)(=O)c2ccccc2)cc1.